The number of carboxylic acid groups (broad SMARTS) is 1. The lowest BCUT2D eigenvalue weighted by Gasteiger charge is -2.38. The number of allylic oxidation sites excluding steroid dienone is 4. The lowest BCUT2D eigenvalue weighted by Crippen LogP contribution is -2.54. The topological polar surface area (TPSA) is 154 Å². The number of nitrogens with zero attached hydrogens (tertiary/aromatic N) is 2. The summed E-state index contributed by atoms with van der Waals surface area (Å²) in [5.41, 5.74) is -1.46. The van der Waals surface area contributed by atoms with Crippen LogP contribution < -0.4 is 15.4 Å². The number of hydrogen-bond donors (Lipinski definition) is 4. The van der Waals surface area contributed by atoms with Gasteiger partial charge in [-0.1, -0.05) is 41.9 Å². The van der Waals surface area contributed by atoms with Crippen LogP contribution in [0.1, 0.15) is 34.3 Å². The first-order chi connectivity index (χ1) is 21.4. The molecular formula is C31H31Cl2FN4O7. The second-order valence-electron chi connectivity index (χ2n) is 11.2. The molecule has 1 amide bonds. The number of nitro groups is 1. The number of likely N-dealkylation sites (tertiary alicyclic amines) is 1. The number of carbonyl (C=O) groups is 2. The Bertz CT molecular complexity index is 1630. The first kappa shape index (κ1) is 32.6. The van der Waals surface area contributed by atoms with Gasteiger partial charge in [0.05, 0.1) is 36.7 Å². The van der Waals surface area contributed by atoms with Gasteiger partial charge in [0.25, 0.3) is 5.69 Å². The number of nitro benzene ring substituents is 1. The normalized spacial score (nSPS) is 24.7. The van der Waals surface area contributed by atoms with Crippen molar-refractivity contribution < 1.29 is 33.9 Å². The number of aliphatic hydroxyl groups is 1. The summed E-state index contributed by atoms with van der Waals surface area (Å²) in [4.78, 5) is 39.2. The van der Waals surface area contributed by atoms with Crippen LogP contribution in [0.3, 0.4) is 0 Å². The lowest BCUT2D eigenvalue weighted by molar-refractivity contribution is -0.385. The Morgan fingerprint density at radius 2 is 2.09 bits per heavy atom. The molecule has 1 spiro atoms. The van der Waals surface area contributed by atoms with Crippen molar-refractivity contribution in [2.24, 2.45) is 11.8 Å². The van der Waals surface area contributed by atoms with Gasteiger partial charge in [-0.05, 0) is 49.1 Å². The molecule has 0 radical (unpaired) electrons. The fraction of sp³-hybridized carbons (Fsp3) is 0.355. The summed E-state index contributed by atoms with van der Waals surface area (Å²) >= 11 is 12.1. The van der Waals surface area contributed by atoms with E-state index in [0.717, 1.165) is 25.0 Å². The third kappa shape index (κ3) is 5.96. The minimum Gasteiger partial charge on any atom is -0.496 e. The molecule has 238 valence electrons. The molecule has 0 aromatic heterocycles. The zero-order chi connectivity index (χ0) is 32.6. The third-order valence-electron chi connectivity index (χ3n) is 8.59. The molecule has 5 rings (SSSR count). The molecule has 45 heavy (non-hydrogen) atoms. The molecule has 1 saturated heterocycles. The van der Waals surface area contributed by atoms with Gasteiger partial charge in [-0.25, -0.2) is 9.18 Å². The highest BCUT2D eigenvalue weighted by Gasteiger charge is 2.67. The zero-order valence-corrected chi connectivity index (χ0v) is 25.6. The molecule has 0 unspecified atom stereocenters. The van der Waals surface area contributed by atoms with Crippen molar-refractivity contribution in [2.75, 3.05) is 25.6 Å². The largest absolute Gasteiger partial charge is 0.496 e. The van der Waals surface area contributed by atoms with E-state index in [-0.39, 0.29) is 34.4 Å². The number of nitrogens with one attached hydrogen (secondary N) is 2. The van der Waals surface area contributed by atoms with Crippen LogP contribution in [0.4, 0.5) is 15.8 Å². The molecule has 14 heteroatoms. The molecule has 3 aliphatic rings. The number of benzene rings is 2. The number of ether oxygens (including phenoxy) is 1. The molecule has 4 atom stereocenters. The summed E-state index contributed by atoms with van der Waals surface area (Å²) < 4.78 is 21.7. The second-order valence-corrected chi connectivity index (χ2v) is 12.2. The van der Waals surface area contributed by atoms with Crippen LogP contribution in [0.25, 0.3) is 0 Å². The van der Waals surface area contributed by atoms with Gasteiger partial charge in [0.1, 0.15) is 22.7 Å². The number of amides is 1. The molecule has 0 bridgehead atoms. The fourth-order valence-electron chi connectivity index (χ4n) is 6.53. The van der Waals surface area contributed by atoms with Gasteiger partial charge in [0, 0.05) is 46.0 Å². The molecule has 2 aliphatic heterocycles. The molecule has 1 aliphatic carbocycles. The molecular weight excluding hydrogens is 630 g/mol. The second kappa shape index (κ2) is 12.9. The summed E-state index contributed by atoms with van der Waals surface area (Å²) in [5, 5.41) is 39.1. The summed E-state index contributed by atoms with van der Waals surface area (Å²) in [6, 6.07) is 5.18. The standard InChI is InChI=1S/C31H31Cl2FN4O7/c1-16(32)4-3-5-22(34)27-28(35-13-18-10-20(29(40)41)26(45-2)12-24(18)38(43)44)25(15-39)37(14-17-6-7-17)31(27)21-9-8-19(33)11-23(21)36-30(31)42/h3-5,8-12,17,25,27-28,35,39H,1,6-7,13-15H2,2H3,(H,36,42)(H,40,41)/b4-3-,22-5-/t25-,27-,28+,31+/m0/s1. The highest BCUT2D eigenvalue weighted by atomic mass is 35.5. The summed E-state index contributed by atoms with van der Waals surface area (Å²) in [5.74, 6) is -3.81. The Morgan fingerprint density at radius 3 is 2.69 bits per heavy atom. The fourth-order valence-corrected chi connectivity index (χ4v) is 6.78. The Kier molecular flexibility index (Phi) is 9.33. The number of rotatable bonds is 12. The van der Waals surface area contributed by atoms with Gasteiger partial charge in [-0.2, -0.15) is 0 Å². The van der Waals surface area contributed by atoms with Gasteiger partial charge in [-0.15, -0.1) is 0 Å². The van der Waals surface area contributed by atoms with E-state index in [2.05, 4.69) is 17.2 Å². The quantitative estimate of drug-likeness (QED) is 0.138. The van der Waals surface area contributed by atoms with Crippen LogP contribution in [0.2, 0.25) is 5.02 Å². The van der Waals surface area contributed by atoms with Crippen molar-refractivity contribution in [3.8, 4) is 5.75 Å². The minimum absolute atomic E-state index is 0.00545. The monoisotopic (exact) mass is 660 g/mol. The average Bonchev–Trinajstić information content (AvgIpc) is 3.70. The number of carboxylic acids is 1. The average molecular weight is 662 g/mol. The number of aliphatic hydroxyl groups excluding tert-OH is 1. The van der Waals surface area contributed by atoms with Gasteiger partial charge < -0.3 is 25.6 Å². The van der Waals surface area contributed by atoms with Crippen molar-refractivity contribution in [1.29, 1.82) is 0 Å². The van der Waals surface area contributed by atoms with E-state index in [1.54, 1.807) is 18.2 Å². The zero-order valence-electron chi connectivity index (χ0n) is 24.1. The van der Waals surface area contributed by atoms with Crippen LogP contribution in [0.5, 0.6) is 5.75 Å². The number of aromatic carboxylic acids is 1. The first-order valence-electron chi connectivity index (χ1n) is 14.1. The van der Waals surface area contributed by atoms with E-state index in [0.29, 0.717) is 22.8 Å². The molecule has 4 N–H and O–H groups in total. The third-order valence-corrected chi connectivity index (χ3v) is 8.95. The molecule has 2 heterocycles. The molecule has 2 aromatic rings. The Labute approximate surface area is 268 Å². The van der Waals surface area contributed by atoms with Gasteiger partial charge in [-0.3, -0.25) is 19.8 Å². The van der Waals surface area contributed by atoms with Crippen molar-refractivity contribution in [1.82, 2.24) is 10.2 Å². The highest BCUT2D eigenvalue weighted by molar-refractivity contribution is 6.31. The molecule has 11 nitrogen and oxygen atoms in total. The van der Waals surface area contributed by atoms with E-state index >= 15 is 4.39 Å². The number of hydrogen-bond acceptors (Lipinski definition) is 8. The maximum atomic E-state index is 16.7. The van der Waals surface area contributed by atoms with Crippen LogP contribution in [0, 0.1) is 22.0 Å². The Hall–Kier alpha value is -3.81. The maximum absolute atomic E-state index is 16.7. The number of fused-ring (bicyclic) bond motifs is 2. The van der Waals surface area contributed by atoms with Crippen LogP contribution in [0.15, 0.2) is 66.0 Å². The van der Waals surface area contributed by atoms with Gasteiger partial charge in [0.2, 0.25) is 5.91 Å². The van der Waals surface area contributed by atoms with Gasteiger partial charge >= 0.3 is 5.97 Å². The van der Waals surface area contributed by atoms with E-state index in [1.165, 1.54) is 25.3 Å². The van der Waals surface area contributed by atoms with E-state index in [1.807, 2.05) is 4.90 Å². The summed E-state index contributed by atoms with van der Waals surface area (Å²) in [7, 11) is 1.20. The molecule has 2 fully saturated rings. The highest BCUT2D eigenvalue weighted by Crippen LogP contribution is 2.57. The van der Waals surface area contributed by atoms with Crippen molar-refractivity contribution >= 4 is 46.5 Å². The van der Waals surface area contributed by atoms with E-state index in [4.69, 9.17) is 27.9 Å². The number of methoxy groups -OCH3 is 1. The van der Waals surface area contributed by atoms with E-state index < -0.39 is 58.5 Å². The molecule has 2 aromatic carbocycles. The number of halogens is 3. The predicted molar refractivity (Wildman–Crippen MR) is 166 cm³/mol. The Balaban J connectivity index is 1.67. The van der Waals surface area contributed by atoms with E-state index in [9.17, 15) is 29.9 Å². The number of anilines is 1. The van der Waals surface area contributed by atoms with Crippen LogP contribution in [-0.4, -0.2) is 64.3 Å². The van der Waals surface area contributed by atoms with Gasteiger partial charge in [0.15, 0.2) is 0 Å². The van der Waals surface area contributed by atoms with Crippen LogP contribution >= 0.6 is 23.2 Å². The number of carbonyl (C=O) groups excluding carboxylic acids is 1. The molecule has 1 saturated carbocycles. The smallest absolute Gasteiger partial charge is 0.339 e. The van der Waals surface area contributed by atoms with Crippen molar-refractivity contribution in [3.05, 3.63) is 97.8 Å². The van der Waals surface area contributed by atoms with Crippen molar-refractivity contribution in [3.63, 3.8) is 0 Å². The summed E-state index contributed by atoms with van der Waals surface area (Å²) in [6.07, 6.45) is 5.71. The Morgan fingerprint density at radius 1 is 1.36 bits per heavy atom. The predicted octanol–water partition coefficient (Wildman–Crippen LogP) is 5.13. The van der Waals surface area contributed by atoms with Crippen molar-refractivity contribution in [2.45, 2.75) is 37.0 Å². The first-order valence-corrected chi connectivity index (χ1v) is 14.9. The maximum Gasteiger partial charge on any atom is 0.339 e. The SMILES string of the molecule is C=C(Cl)/C=C\C=C(/F)[C@H]1[C@H](NCc2cc(C(=O)O)c(OC)cc2[N+](=O)[O-])[C@H](CO)N(CC2CC2)[C@@]12C(=O)Nc1cc(Cl)ccc12. The summed E-state index contributed by atoms with van der Waals surface area (Å²) in [6.45, 7) is 3.18. The van der Waals surface area contributed by atoms with Crippen LogP contribution in [-0.2, 0) is 16.9 Å². The minimum atomic E-state index is -1.63. The lowest BCUT2D eigenvalue weighted by atomic mass is 9.76.